The minimum absolute atomic E-state index is 0.364. The minimum Gasteiger partial charge on any atom is -0.494 e. The molecule has 1 aromatic carbocycles. The molecule has 0 bridgehead atoms. The molecule has 0 fully saturated rings. The van der Waals surface area contributed by atoms with Crippen molar-refractivity contribution in [1.29, 1.82) is 10.5 Å². The number of unbranched alkanes of at least 4 members (excludes halogenated alkanes) is 1. The van der Waals surface area contributed by atoms with E-state index >= 15 is 0 Å². The maximum Gasteiger partial charge on any atom is 0.243 e. The number of hydrogen-bond acceptors (Lipinski definition) is 5. The fourth-order valence-corrected chi connectivity index (χ4v) is 3.90. The molecule has 1 amide bonds. The van der Waals surface area contributed by atoms with Crippen molar-refractivity contribution in [3.8, 4) is 17.9 Å². The lowest BCUT2D eigenvalue weighted by Gasteiger charge is -2.29. The van der Waals surface area contributed by atoms with Crippen molar-refractivity contribution in [2.45, 2.75) is 32.6 Å². The van der Waals surface area contributed by atoms with Crippen LogP contribution in [-0.4, -0.2) is 18.3 Å². The molecule has 1 aliphatic rings. The average Bonchev–Trinajstić information content (AvgIpc) is 2.62. The lowest BCUT2D eigenvalue weighted by molar-refractivity contribution is -0.123. The van der Waals surface area contributed by atoms with Gasteiger partial charge in [-0.1, -0.05) is 31.5 Å². The maximum atomic E-state index is 12.5. The van der Waals surface area contributed by atoms with Gasteiger partial charge >= 0.3 is 0 Å². The van der Waals surface area contributed by atoms with Crippen molar-refractivity contribution in [2.75, 3.05) is 12.4 Å². The quantitative estimate of drug-likeness (QED) is 0.754. The third kappa shape index (κ3) is 4.15. The van der Waals surface area contributed by atoms with Crippen molar-refractivity contribution >= 4 is 17.7 Å². The van der Waals surface area contributed by atoms with Crippen LogP contribution in [0.5, 0.6) is 5.75 Å². The molecule has 25 heavy (non-hydrogen) atoms. The molecule has 5 nitrogen and oxygen atoms in total. The van der Waals surface area contributed by atoms with Crippen LogP contribution in [0.4, 0.5) is 0 Å². The standard InChI is InChI=1S/C19H21N3O2S/c1-3-5-10-25-19-15(12-21)17(14(11-20)18(23)22-19)13-8-6-7-9-16(13)24-4-2/h6-9,14,17H,3-5,10H2,1-2H3,(H,22,23)/t14-,17-/m0/s1. The number of carbonyl (C=O) groups excluding carboxylic acids is 1. The Morgan fingerprint density at radius 1 is 1.28 bits per heavy atom. The van der Waals surface area contributed by atoms with Gasteiger partial charge in [-0.15, -0.1) is 11.8 Å². The lowest BCUT2D eigenvalue weighted by atomic mass is 9.79. The first-order chi connectivity index (χ1) is 12.2. The van der Waals surface area contributed by atoms with Crippen LogP contribution in [0, 0.1) is 28.6 Å². The Morgan fingerprint density at radius 2 is 2.04 bits per heavy atom. The zero-order chi connectivity index (χ0) is 18.2. The van der Waals surface area contributed by atoms with Gasteiger partial charge in [-0.05, 0) is 25.2 Å². The van der Waals surface area contributed by atoms with Gasteiger partial charge in [0, 0.05) is 5.56 Å². The largest absolute Gasteiger partial charge is 0.494 e. The molecule has 0 aromatic heterocycles. The first kappa shape index (κ1) is 18.9. The summed E-state index contributed by atoms with van der Waals surface area (Å²) >= 11 is 1.46. The summed E-state index contributed by atoms with van der Waals surface area (Å²) in [6.07, 6.45) is 2.03. The van der Waals surface area contributed by atoms with Crippen LogP contribution < -0.4 is 10.1 Å². The second-order valence-corrected chi connectivity index (χ2v) is 6.71. The van der Waals surface area contributed by atoms with Gasteiger partial charge in [0.15, 0.2) is 0 Å². The first-order valence-corrected chi connectivity index (χ1v) is 9.35. The average molecular weight is 355 g/mol. The normalized spacial score (nSPS) is 19.8. The van der Waals surface area contributed by atoms with Gasteiger partial charge in [0.25, 0.3) is 0 Å². The number of hydrogen-bond donors (Lipinski definition) is 1. The maximum absolute atomic E-state index is 12.5. The summed E-state index contributed by atoms with van der Waals surface area (Å²) in [4.78, 5) is 12.5. The Morgan fingerprint density at radius 3 is 2.68 bits per heavy atom. The SMILES string of the molecule is CCCCSC1=C(C#N)[C@@H](c2ccccc2OCC)[C@H](C#N)C(=O)N1. The number of nitrogens with zero attached hydrogens (tertiary/aromatic N) is 2. The molecule has 0 unspecified atom stereocenters. The fourth-order valence-electron chi connectivity index (χ4n) is 2.76. The molecular formula is C19H21N3O2S. The number of benzene rings is 1. The predicted octanol–water partition coefficient (Wildman–Crippen LogP) is 3.71. The highest BCUT2D eigenvalue weighted by atomic mass is 32.2. The van der Waals surface area contributed by atoms with Crippen molar-refractivity contribution in [2.24, 2.45) is 5.92 Å². The van der Waals surface area contributed by atoms with Crippen molar-refractivity contribution in [3.05, 3.63) is 40.4 Å². The summed E-state index contributed by atoms with van der Waals surface area (Å²) in [7, 11) is 0. The first-order valence-electron chi connectivity index (χ1n) is 8.37. The molecule has 1 aliphatic heterocycles. The molecular weight excluding hydrogens is 334 g/mol. The summed E-state index contributed by atoms with van der Waals surface area (Å²) in [6.45, 7) is 4.43. The van der Waals surface area contributed by atoms with Crippen LogP contribution >= 0.6 is 11.8 Å². The topological polar surface area (TPSA) is 85.9 Å². The van der Waals surface area contributed by atoms with Gasteiger partial charge in [-0.3, -0.25) is 4.79 Å². The molecule has 0 aliphatic carbocycles. The zero-order valence-corrected chi connectivity index (χ0v) is 15.2. The van der Waals surface area contributed by atoms with Gasteiger partial charge in [-0.25, -0.2) is 0 Å². The molecule has 0 radical (unpaired) electrons. The molecule has 0 spiro atoms. The Kier molecular flexibility index (Phi) is 6.91. The summed E-state index contributed by atoms with van der Waals surface area (Å²) in [5.74, 6) is -0.510. The van der Waals surface area contributed by atoms with E-state index in [1.807, 2.05) is 25.1 Å². The van der Waals surface area contributed by atoms with Gasteiger partial charge < -0.3 is 10.1 Å². The van der Waals surface area contributed by atoms with Crippen LogP contribution in [0.2, 0.25) is 0 Å². The van der Waals surface area contributed by atoms with Crippen molar-refractivity contribution in [1.82, 2.24) is 5.32 Å². The van der Waals surface area contributed by atoms with Crippen LogP contribution in [0.3, 0.4) is 0 Å². The molecule has 1 heterocycles. The van der Waals surface area contributed by atoms with Gasteiger partial charge in [0.2, 0.25) is 5.91 Å². The number of thioether (sulfide) groups is 1. The predicted molar refractivity (Wildman–Crippen MR) is 97.6 cm³/mol. The Bertz CT molecular complexity index is 746. The number of carbonyl (C=O) groups is 1. The zero-order valence-electron chi connectivity index (χ0n) is 14.4. The third-order valence-corrected chi connectivity index (χ3v) is 5.07. The second-order valence-electron chi connectivity index (χ2n) is 5.60. The highest BCUT2D eigenvalue weighted by Gasteiger charge is 2.40. The number of rotatable bonds is 7. The van der Waals surface area contributed by atoms with E-state index in [-0.39, 0.29) is 5.91 Å². The van der Waals surface area contributed by atoms with E-state index in [1.165, 1.54) is 11.8 Å². The van der Waals surface area contributed by atoms with Crippen molar-refractivity contribution < 1.29 is 9.53 Å². The van der Waals surface area contributed by atoms with E-state index in [0.717, 1.165) is 18.6 Å². The van der Waals surface area contributed by atoms with Crippen LogP contribution in [-0.2, 0) is 4.79 Å². The minimum atomic E-state index is -0.952. The van der Waals surface area contributed by atoms with Gasteiger partial charge in [-0.2, -0.15) is 10.5 Å². The molecule has 2 rings (SSSR count). The Labute approximate surface area is 152 Å². The Balaban J connectivity index is 2.53. The Hall–Kier alpha value is -2.44. The lowest BCUT2D eigenvalue weighted by Crippen LogP contribution is -2.39. The molecule has 0 saturated heterocycles. The van der Waals surface area contributed by atoms with Crippen LogP contribution in [0.1, 0.15) is 38.2 Å². The van der Waals surface area contributed by atoms with Crippen LogP contribution in [0.25, 0.3) is 0 Å². The highest BCUT2D eigenvalue weighted by molar-refractivity contribution is 8.03. The molecule has 6 heteroatoms. The van der Waals surface area contributed by atoms with E-state index in [0.29, 0.717) is 28.5 Å². The highest BCUT2D eigenvalue weighted by Crippen LogP contribution is 2.42. The fraction of sp³-hybridized carbons (Fsp3) is 0.421. The summed E-state index contributed by atoms with van der Waals surface area (Å²) in [6, 6.07) is 11.6. The summed E-state index contributed by atoms with van der Waals surface area (Å²) < 4.78 is 5.66. The smallest absolute Gasteiger partial charge is 0.243 e. The number of para-hydroxylation sites is 1. The van der Waals surface area contributed by atoms with Crippen LogP contribution in [0.15, 0.2) is 34.9 Å². The second kappa shape index (κ2) is 9.15. The number of ether oxygens (including phenoxy) is 1. The van der Waals surface area contributed by atoms with E-state index in [4.69, 9.17) is 4.74 Å². The van der Waals surface area contributed by atoms with Crippen molar-refractivity contribution in [3.63, 3.8) is 0 Å². The van der Waals surface area contributed by atoms with E-state index in [9.17, 15) is 15.3 Å². The molecule has 0 saturated carbocycles. The van der Waals surface area contributed by atoms with Gasteiger partial charge in [0.05, 0.1) is 35.3 Å². The molecule has 2 atom stereocenters. The summed E-state index contributed by atoms with van der Waals surface area (Å²) in [5.41, 5.74) is 1.13. The van der Waals surface area contributed by atoms with E-state index in [1.54, 1.807) is 6.07 Å². The number of nitriles is 2. The monoisotopic (exact) mass is 355 g/mol. The van der Waals surface area contributed by atoms with E-state index < -0.39 is 11.8 Å². The number of amides is 1. The summed E-state index contributed by atoms with van der Waals surface area (Å²) in [5, 5.41) is 22.6. The number of nitrogens with one attached hydrogen (secondary N) is 1. The molecule has 1 aromatic rings. The van der Waals surface area contributed by atoms with E-state index in [2.05, 4.69) is 24.4 Å². The molecule has 1 N–H and O–H groups in total. The number of allylic oxidation sites excluding steroid dienone is 1. The third-order valence-electron chi connectivity index (χ3n) is 3.97. The van der Waals surface area contributed by atoms with Gasteiger partial charge in [0.1, 0.15) is 11.7 Å². The molecule has 130 valence electrons.